The van der Waals surface area contributed by atoms with Gasteiger partial charge in [-0.15, -0.1) is 11.3 Å². The Bertz CT molecular complexity index is 410. The summed E-state index contributed by atoms with van der Waals surface area (Å²) in [5, 5.41) is 14.5. The van der Waals surface area contributed by atoms with E-state index in [0.717, 1.165) is 24.4 Å². The van der Waals surface area contributed by atoms with Crippen molar-refractivity contribution >= 4 is 11.3 Å². The molecule has 1 aromatic rings. The van der Waals surface area contributed by atoms with Crippen LogP contribution in [0, 0.1) is 19.3 Å². The monoisotopic (exact) mass is 282 g/mol. The highest BCUT2D eigenvalue weighted by Gasteiger charge is 2.31. The summed E-state index contributed by atoms with van der Waals surface area (Å²) >= 11 is 1.76. The van der Waals surface area contributed by atoms with Crippen LogP contribution < -0.4 is 5.32 Å². The maximum Gasteiger partial charge on any atom is 0.0900 e. The predicted molar refractivity (Wildman–Crippen MR) is 80.6 cm³/mol. The first-order valence-corrected chi connectivity index (χ1v) is 8.16. The largest absolute Gasteiger partial charge is 0.396 e. The van der Waals surface area contributed by atoms with Crippen molar-refractivity contribution in [1.29, 1.82) is 0 Å². The lowest BCUT2D eigenvalue weighted by Gasteiger charge is -2.36. The second-order valence-corrected chi connectivity index (χ2v) is 7.40. The number of aliphatic hydroxyl groups excluding tert-OH is 1. The molecule has 0 radical (unpaired) electrons. The van der Waals surface area contributed by atoms with Crippen LogP contribution in [-0.2, 0) is 0 Å². The molecule has 108 valence electrons. The molecule has 1 unspecified atom stereocenters. The Morgan fingerprint density at radius 2 is 2.00 bits per heavy atom. The van der Waals surface area contributed by atoms with Crippen molar-refractivity contribution in [3.8, 4) is 0 Å². The third-order valence-electron chi connectivity index (χ3n) is 4.38. The van der Waals surface area contributed by atoms with E-state index in [1.54, 1.807) is 11.3 Å². The Balaban J connectivity index is 1.95. The zero-order valence-corrected chi connectivity index (χ0v) is 13.1. The van der Waals surface area contributed by atoms with Crippen LogP contribution in [0.2, 0.25) is 0 Å². The van der Waals surface area contributed by atoms with E-state index >= 15 is 0 Å². The highest BCUT2D eigenvalue weighted by atomic mass is 32.1. The van der Waals surface area contributed by atoms with Gasteiger partial charge in [0, 0.05) is 29.5 Å². The fraction of sp³-hybridized carbons (Fsp3) is 0.800. The Labute approximate surface area is 120 Å². The fourth-order valence-corrected chi connectivity index (χ4v) is 4.02. The van der Waals surface area contributed by atoms with Crippen molar-refractivity contribution in [1.82, 2.24) is 10.3 Å². The minimum Gasteiger partial charge on any atom is -0.396 e. The van der Waals surface area contributed by atoms with Gasteiger partial charge in [0.2, 0.25) is 0 Å². The van der Waals surface area contributed by atoms with E-state index < -0.39 is 0 Å². The Hall–Kier alpha value is -0.450. The highest BCUT2D eigenvalue weighted by Crippen LogP contribution is 2.36. The topological polar surface area (TPSA) is 45.2 Å². The molecule has 1 atom stereocenters. The van der Waals surface area contributed by atoms with Crippen LogP contribution in [0.1, 0.15) is 60.6 Å². The molecule has 1 aliphatic carbocycles. The summed E-state index contributed by atoms with van der Waals surface area (Å²) in [7, 11) is 0. The number of thiazole rings is 1. The van der Waals surface area contributed by atoms with Crippen molar-refractivity contribution in [3.05, 3.63) is 15.6 Å². The number of aliphatic hydroxyl groups is 1. The van der Waals surface area contributed by atoms with E-state index in [-0.39, 0.29) is 11.5 Å². The van der Waals surface area contributed by atoms with Gasteiger partial charge in [-0.05, 0) is 33.6 Å². The van der Waals surface area contributed by atoms with E-state index in [4.69, 9.17) is 0 Å². The molecule has 1 fully saturated rings. The van der Waals surface area contributed by atoms with Gasteiger partial charge < -0.3 is 10.4 Å². The van der Waals surface area contributed by atoms with Gasteiger partial charge in [0.1, 0.15) is 0 Å². The summed E-state index contributed by atoms with van der Waals surface area (Å²) in [5.74, 6) is 0. The zero-order chi connectivity index (χ0) is 13.9. The quantitative estimate of drug-likeness (QED) is 0.870. The highest BCUT2D eigenvalue weighted by molar-refractivity contribution is 7.11. The van der Waals surface area contributed by atoms with Crippen LogP contribution in [0.5, 0.6) is 0 Å². The number of aryl methyl sites for hydroxylation is 2. The second-order valence-electron chi connectivity index (χ2n) is 6.00. The van der Waals surface area contributed by atoms with Crippen LogP contribution >= 0.6 is 11.3 Å². The molecular formula is C15H26N2OS. The van der Waals surface area contributed by atoms with Gasteiger partial charge in [-0.1, -0.05) is 19.3 Å². The van der Waals surface area contributed by atoms with Crippen LogP contribution in [0.4, 0.5) is 0 Å². The molecule has 0 amide bonds. The van der Waals surface area contributed by atoms with Gasteiger partial charge in [-0.25, -0.2) is 4.98 Å². The molecule has 1 aliphatic rings. The third kappa shape index (κ3) is 3.56. The van der Waals surface area contributed by atoms with Crippen molar-refractivity contribution in [2.24, 2.45) is 5.41 Å². The SMILES string of the molecule is Cc1nc(C(C)NCC2(CO)CCCCC2)c(C)s1. The van der Waals surface area contributed by atoms with E-state index in [0.29, 0.717) is 6.61 Å². The van der Waals surface area contributed by atoms with Crippen molar-refractivity contribution in [2.45, 2.75) is 58.9 Å². The molecule has 2 rings (SSSR count). The molecule has 2 N–H and O–H groups in total. The Morgan fingerprint density at radius 3 is 2.53 bits per heavy atom. The van der Waals surface area contributed by atoms with E-state index in [1.807, 2.05) is 0 Å². The molecule has 0 aromatic carbocycles. The minimum atomic E-state index is 0.103. The van der Waals surface area contributed by atoms with Crippen molar-refractivity contribution in [3.63, 3.8) is 0 Å². The molecule has 0 spiro atoms. The minimum absolute atomic E-state index is 0.103. The molecule has 3 nitrogen and oxygen atoms in total. The molecule has 19 heavy (non-hydrogen) atoms. The van der Waals surface area contributed by atoms with Crippen LogP contribution in [0.25, 0.3) is 0 Å². The van der Waals surface area contributed by atoms with E-state index in [2.05, 4.69) is 31.1 Å². The first-order chi connectivity index (χ1) is 9.06. The van der Waals surface area contributed by atoms with Gasteiger partial charge in [0.05, 0.1) is 10.7 Å². The number of rotatable bonds is 5. The smallest absolute Gasteiger partial charge is 0.0900 e. The Morgan fingerprint density at radius 1 is 1.32 bits per heavy atom. The third-order valence-corrected chi connectivity index (χ3v) is 5.28. The molecule has 0 bridgehead atoms. The van der Waals surface area contributed by atoms with E-state index in [1.165, 1.54) is 29.8 Å². The maximum absolute atomic E-state index is 9.73. The zero-order valence-electron chi connectivity index (χ0n) is 12.3. The molecule has 0 aliphatic heterocycles. The lowest BCUT2D eigenvalue weighted by Crippen LogP contribution is -2.40. The van der Waals surface area contributed by atoms with Gasteiger partial charge in [-0.2, -0.15) is 0 Å². The summed E-state index contributed by atoms with van der Waals surface area (Å²) in [6.45, 7) is 7.59. The average molecular weight is 282 g/mol. The van der Waals surface area contributed by atoms with E-state index in [9.17, 15) is 5.11 Å². The normalized spacial score (nSPS) is 20.4. The lowest BCUT2D eigenvalue weighted by atomic mass is 9.74. The number of hydrogen-bond donors (Lipinski definition) is 2. The Kier molecular flexibility index (Phi) is 4.98. The molecule has 1 heterocycles. The number of nitrogens with zero attached hydrogens (tertiary/aromatic N) is 1. The maximum atomic E-state index is 9.73. The lowest BCUT2D eigenvalue weighted by molar-refractivity contribution is 0.0787. The molecule has 1 saturated carbocycles. The molecule has 0 saturated heterocycles. The number of aromatic nitrogens is 1. The van der Waals surface area contributed by atoms with Gasteiger partial charge in [0.15, 0.2) is 0 Å². The summed E-state index contributed by atoms with van der Waals surface area (Å²) in [6, 6.07) is 0.273. The average Bonchev–Trinajstić information content (AvgIpc) is 2.76. The molecular weight excluding hydrogens is 256 g/mol. The van der Waals surface area contributed by atoms with Crippen LogP contribution in [0.15, 0.2) is 0 Å². The van der Waals surface area contributed by atoms with Crippen LogP contribution in [0.3, 0.4) is 0 Å². The summed E-state index contributed by atoms with van der Waals surface area (Å²) < 4.78 is 0. The van der Waals surface area contributed by atoms with Gasteiger partial charge >= 0.3 is 0 Å². The second kappa shape index (κ2) is 6.33. The predicted octanol–water partition coefficient (Wildman–Crippen LogP) is 3.35. The first-order valence-electron chi connectivity index (χ1n) is 7.34. The van der Waals surface area contributed by atoms with Crippen LogP contribution in [-0.4, -0.2) is 23.2 Å². The first kappa shape index (κ1) is 14.9. The van der Waals surface area contributed by atoms with Gasteiger partial charge in [0.25, 0.3) is 0 Å². The summed E-state index contributed by atoms with van der Waals surface area (Å²) in [4.78, 5) is 5.92. The van der Waals surface area contributed by atoms with Crippen molar-refractivity contribution in [2.75, 3.05) is 13.2 Å². The fourth-order valence-electron chi connectivity index (χ4n) is 3.11. The molecule has 4 heteroatoms. The van der Waals surface area contributed by atoms with Crippen molar-refractivity contribution < 1.29 is 5.11 Å². The summed E-state index contributed by atoms with van der Waals surface area (Å²) in [5.41, 5.74) is 1.28. The molecule has 1 aromatic heterocycles. The standard InChI is InChI=1S/C15H26N2OS/c1-11(14-12(2)19-13(3)17-14)16-9-15(10-18)7-5-4-6-8-15/h11,16,18H,4-10H2,1-3H3. The summed E-state index contributed by atoms with van der Waals surface area (Å²) in [6.07, 6.45) is 6.13. The number of nitrogens with one attached hydrogen (secondary N) is 1. The van der Waals surface area contributed by atoms with Gasteiger partial charge in [-0.3, -0.25) is 0 Å². The number of hydrogen-bond acceptors (Lipinski definition) is 4.